The number of nitrogens with one attached hydrogen (secondary N) is 1. The van der Waals surface area contributed by atoms with Gasteiger partial charge in [-0.3, -0.25) is 4.79 Å². The molecule has 0 spiro atoms. The van der Waals surface area contributed by atoms with Crippen molar-refractivity contribution in [3.05, 3.63) is 46.2 Å². The number of nitrogens with zero attached hydrogens (tertiary/aromatic N) is 1. The highest BCUT2D eigenvalue weighted by Crippen LogP contribution is 2.36. The molecule has 1 atom stereocenters. The second kappa shape index (κ2) is 5.81. The molecule has 4 nitrogen and oxygen atoms in total. The summed E-state index contributed by atoms with van der Waals surface area (Å²) >= 11 is 1.47. The molecule has 1 aromatic carbocycles. The highest BCUT2D eigenvalue weighted by atomic mass is 32.1. The van der Waals surface area contributed by atoms with Crippen LogP contribution in [0.2, 0.25) is 0 Å². The Hall–Kier alpha value is -1.95. The quantitative estimate of drug-likeness (QED) is 0.909. The number of carboxylic acids is 1. The lowest BCUT2D eigenvalue weighted by atomic mass is 9.91. The van der Waals surface area contributed by atoms with E-state index in [2.05, 4.69) is 10.3 Å². The summed E-state index contributed by atoms with van der Waals surface area (Å²) in [6.07, 6.45) is 2.38. The number of halogens is 1. The number of hydrogen-bond acceptors (Lipinski definition) is 4. The van der Waals surface area contributed by atoms with Gasteiger partial charge in [0.15, 0.2) is 5.13 Å². The lowest BCUT2D eigenvalue weighted by molar-refractivity contribution is -0.139. The van der Waals surface area contributed by atoms with E-state index in [-0.39, 0.29) is 5.82 Å². The van der Waals surface area contributed by atoms with Gasteiger partial charge in [0.2, 0.25) is 0 Å². The number of anilines is 1. The van der Waals surface area contributed by atoms with Gasteiger partial charge < -0.3 is 10.4 Å². The second-order valence-electron chi connectivity index (χ2n) is 5.06. The first kappa shape index (κ1) is 14.0. The van der Waals surface area contributed by atoms with Crippen LogP contribution in [0.3, 0.4) is 0 Å². The van der Waals surface area contributed by atoms with Gasteiger partial charge in [-0.25, -0.2) is 9.37 Å². The van der Waals surface area contributed by atoms with E-state index in [0.717, 1.165) is 17.7 Å². The average molecular weight is 306 g/mol. The Labute approximate surface area is 125 Å². The smallest absolute Gasteiger partial charge is 0.312 e. The van der Waals surface area contributed by atoms with Gasteiger partial charge in [0.1, 0.15) is 11.7 Å². The summed E-state index contributed by atoms with van der Waals surface area (Å²) < 4.78 is 13.6. The van der Waals surface area contributed by atoms with Crippen molar-refractivity contribution in [1.29, 1.82) is 0 Å². The molecule has 2 aromatic rings. The largest absolute Gasteiger partial charge is 0.481 e. The molecule has 0 amide bonds. The first-order valence-electron chi connectivity index (χ1n) is 6.85. The number of aryl methyl sites for hydroxylation is 1. The third-order valence-corrected chi connectivity index (χ3v) is 4.73. The van der Waals surface area contributed by atoms with Crippen molar-refractivity contribution in [1.82, 2.24) is 4.98 Å². The van der Waals surface area contributed by atoms with Crippen molar-refractivity contribution in [2.45, 2.75) is 31.7 Å². The fourth-order valence-electron chi connectivity index (χ4n) is 2.55. The van der Waals surface area contributed by atoms with Crippen LogP contribution in [0.4, 0.5) is 9.52 Å². The summed E-state index contributed by atoms with van der Waals surface area (Å²) in [5, 5.41) is 13.0. The normalized spacial score (nSPS) is 17.3. The van der Waals surface area contributed by atoms with E-state index >= 15 is 0 Å². The highest BCUT2D eigenvalue weighted by molar-refractivity contribution is 7.15. The maximum absolute atomic E-state index is 13.6. The molecule has 0 aliphatic heterocycles. The lowest BCUT2D eigenvalue weighted by Gasteiger charge is -2.16. The molecule has 1 aliphatic rings. The van der Waals surface area contributed by atoms with Gasteiger partial charge in [0.05, 0.1) is 5.69 Å². The minimum absolute atomic E-state index is 0.255. The van der Waals surface area contributed by atoms with Gasteiger partial charge in [0.25, 0.3) is 0 Å². The average Bonchev–Trinajstić information content (AvgIpc) is 2.88. The predicted octanol–water partition coefficient (Wildman–Crippen LogP) is 3.40. The van der Waals surface area contributed by atoms with Crippen LogP contribution in [0, 0.1) is 5.82 Å². The van der Waals surface area contributed by atoms with E-state index in [9.17, 15) is 14.3 Å². The number of carboxylic acid groups (broad SMARTS) is 1. The number of fused-ring (bicyclic) bond motifs is 1. The molecule has 0 saturated carbocycles. The summed E-state index contributed by atoms with van der Waals surface area (Å²) in [7, 11) is 0. The van der Waals surface area contributed by atoms with Gasteiger partial charge in [-0.2, -0.15) is 0 Å². The summed E-state index contributed by atoms with van der Waals surface area (Å²) in [4.78, 5) is 16.7. The Morgan fingerprint density at radius 1 is 1.48 bits per heavy atom. The fourth-order valence-corrected chi connectivity index (χ4v) is 3.61. The fraction of sp³-hybridized carbons (Fsp3) is 0.333. The Balaban J connectivity index is 1.76. The lowest BCUT2D eigenvalue weighted by Crippen LogP contribution is -2.17. The van der Waals surface area contributed by atoms with Crippen LogP contribution in [-0.2, 0) is 17.8 Å². The van der Waals surface area contributed by atoms with Crippen LogP contribution in [-0.4, -0.2) is 16.1 Å². The van der Waals surface area contributed by atoms with E-state index in [1.165, 1.54) is 17.4 Å². The molecule has 110 valence electrons. The minimum atomic E-state index is -0.818. The van der Waals surface area contributed by atoms with Crippen molar-refractivity contribution < 1.29 is 14.3 Å². The molecule has 0 bridgehead atoms. The molecular formula is C15H15FN2O2S. The van der Waals surface area contributed by atoms with E-state index in [4.69, 9.17) is 0 Å². The zero-order valence-electron chi connectivity index (χ0n) is 11.3. The van der Waals surface area contributed by atoms with E-state index in [0.29, 0.717) is 29.4 Å². The SMILES string of the molecule is O=C(O)C1CCCc2sc(NCc3ccccc3F)nc21. The standard InChI is InChI=1S/C15H15FN2O2S/c16-11-6-2-1-4-9(11)8-17-15-18-13-10(14(19)20)5-3-7-12(13)21-15/h1-2,4,6,10H,3,5,7-8H2,(H,17,18)(H,19,20). The molecule has 1 aromatic heterocycles. The van der Waals surface area contributed by atoms with Crippen LogP contribution in [0.25, 0.3) is 0 Å². The van der Waals surface area contributed by atoms with Crippen molar-refractivity contribution in [3.63, 3.8) is 0 Å². The molecule has 1 aliphatic carbocycles. The monoisotopic (exact) mass is 306 g/mol. The van der Waals surface area contributed by atoms with Crippen molar-refractivity contribution in [2.24, 2.45) is 0 Å². The van der Waals surface area contributed by atoms with Crippen LogP contribution in [0.15, 0.2) is 24.3 Å². The highest BCUT2D eigenvalue weighted by Gasteiger charge is 2.29. The summed E-state index contributed by atoms with van der Waals surface area (Å²) in [6.45, 7) is 0.344. The third-order valence-electron chi connectivity index (χ3n) is 3.64. The van der Waals surface area contributed by atoms with Crippen molar-refractivity contribution in [2.75, 3.05) is 5.32 Å². The van der Waals surface area contributed by atoms with Crippen LogP contribution < -0.4 is 5.32 Å². The molecule has 0 radical (unpaired) electrons. The third kappa shape index (κ3) is 2.90. The summed E-state index contributed by atoms with van der Waals surface area (Å²) in [5.41, 5.74) is 1.25. The van der Waals surface area contributed by atoms with Gasteiger partial charge in [-0.1, -0.05) is 18.2 Å². The van der Waals surface area contributed by atoms with Crippen molar-refractivity contribution in [3.8, 4) is 0 Å². The molecule has 2 N–H and O–H groups in total. The molecule has 21 heavy (non-hydrogen) atoms. The Morgan fingerprint density at radius 3 is 3.05 bits per heavy atom. The first-order valence-corrected chi connectivity index (χ1v) is 7.66. The molecule has 0 fully saturated rings. The predicted molar refractivity (Wildman–Crippen MR) is 79.2 cm³/mol. The maximum Gasteiger partial charge on any atom is 0.312 e. The molecule has 3 rings (SSSR count). The van der Waals surface area contributed by atoms with Gasteiger partial charge in [-0.05, 0) is 25.3 Å². The molecule has 0 saturated heterocycles. The maximum atomic E-state index is 13.6. The number of aromatic nitrogens is 1. The Bertz CT molecular complexity index is 671. The Morgan fingerprint density at radius 2 is 2.29 bits per heavy atom. The number of rotatable bonds is 4. The molecule has 1 unspecified atom stereocenters. The molecule has 6 heteroatoms. The van der Waals surface area contributed by atoms with E-state index in [1.807, 2.05) is 0 Å². The summed E-state index contributed by atoms with van der Waals surface area (Å²) in [6, 6.07) is 6.58. The summed E-state index contributed by atoms with van der Waals surface area (Å²) in [5.74, 6) is -1.58. The zero-order chi connectivity index (χ0) is 14.8. The Kier molecular flexibility index (Phi) is 3.88. The number of aliphatic carboxylic acids is 1. The van der Waals surface area contributed by atoms with Gasteiger partial charge in [-0.15, -0.1) is 11.3 Å². The van der Waals surface area contributed by atoms with Crippen LogP contribution in [0.5, 0.6) is 0 Å². The number of thiazole rings is 1. The molecule has 1 heterocycles. The van der Waals surface area contributed by atoms with Gasteiger partial charge >= 0.3 is 5.97 Å². The first-order chi connectivity index (χ1) is 10.1. The van der Waals surface area contributed by atoms with Crippen LogP contribution in [0.1, 0.15) is 34.9 Å². The van der Waals surface area contributed by atoms with Crippen LogP contribution >= 0.6 is 11.3 Å². The van der Waals surface area contributed by atoms with Gasteiger partial charge in [0, 0.05) is 17.0 Å². The number of hydrogen-bond donors (Lipinski definition) is 2. The van der Waals surface area contributed by atoms with E-state index in [1.54, 1.807) is 18.2 Å². The second-order valence-corrected chi connectivity index (χ2v) is 6.14. The number of benzene rings is 1. The van der Waals surface area contributed by atoms with E-state index < -0.39 is 11.9 Å². The number of carbonyl (C=O) groups is 1. The minimum Gasteiger partial charge on any atom is -0.481 e. The zero-order valence-corrected chi connectivity index (χ0v) is 12.1. The topological polar surface area (TPSA) is 62.2 Å². The van der Waals surface area contributed by atoms with Crippen molar-refractivity contribution >= 4 is 22.4 Å². The molecular weight excluding hydrogens is 291 g/mol.